The largest absolute Gasteiger partial charge is 0.493 e. The molecule has 1 aromatic carbocycles. The number of benzene rings is 1. The van der Waals surface area contributed by atoms with Crippen molar-refractivity contribution >= 4 is 21.6 Å². The Bertz CT molecular complexity index is 674. The van der Waals surface area contributed by atoms with Gasteiger partial charge in [-0.05, 0) is 32.1 Å². The lowest BCUT2D eigenvalue weighted by Crippen LogP contribution is -2.25. The molecule has 0 saturated heterocycles. The maximum Gasteiger partial charge on any atom is 0.268 e. The highest BCUT2D eigenvalue weighted by molar-refractivity contribution is 7.13. The molecule has 0 unspecified atom stereocenters. The molecule has 122 valence electrons. The number of hydrogen-bond donors (Lipinski definition) is 0. The monoisotopic (exact) mass is 324 g/mol. The summed E-state index contributed by atoms with van der Waals surface area (Å²) in [7, 11) is 3.19. The Morgan fingerprint density at radius 3 is 2.36 bits per heavy atom. The number of aryl methyl sites for hydroxylation is 1. The van der Waals surface area contributed by atoms with Gasteiger partial charge in [0.05, 0.1) is 24.3 Å². The summed E-state index contributed by atoms with van der Waals surface area (Å²) < 4.78 is 13.3. The molecular formula is C16H24N2O3S. The molecule has 2 aromatic rings. The SMILES string of the molecule is CCN(CC)CCCn1sc2cc(OC)c(OC)cc2c1=O. The van der Waals surface area contributed by atoms with Gasteiger partial charge >= 0.3 is 0 Å². The smallest absolute Gasteiger partial charge is 0.268 e. The molecule has 0 amide bonds. The first-order valence-corrected chi connectivity index (χ1v) is 8.40. The van der Waals surface area contributed by atoms with Gasteiger partial charge in [-0.1, -0.05) is 25.4 Å². The highest BCUT2D eigenvalue weighted by Crippen LogP contribution is 2.32. The highest BCUT2D eigenvalue weighted by atomic mass is 32.1. The summed E-state index contributed by atoms with van der Waals surface area (Å²) in [4.78, 5) is 14.8. The minimum atomic E-state index is 0.0560. The summed E-state index contributed by atoms with van der Waals surface area (Å²) in [6, 6.07) is 3.65. The topological polar surface area (TPSA) is 43.7 Å². The van der Waals surface area contributed by atoms with Gasteiger partial charge in [0.1, 0.15) is 0 Å². The van der Waals surface area contributed by atoms with Crippen LogP contribution in [0.15, 0.2) is 16.9 Å². The number of nitrogens with zero attached hydrogens (tertiary/aromatic N) is 2. The molecule has 0 saturated carbocycles. The van der Waals surface area contributed by atoms with Crippen LogP contribution in [0.25, 0.3) is 10.1 Å². The third-order valence-corrected chi connectivity index (χ3v) is 4.98. The van der Waals surface area contributed by atoms with Gasteiger partial charge in [-0.3, -0.25) is 8.75 Å². The lowest BCUT2D eigenvalue weighted by atomic mass is 10.2. The van der Waals surface area contributed by atoms with Crippen LogP contribution in [-0.2, 0) is 6.54 Å². The Morgan fingerprint density at radius 1 is 1.14 bits per heavy atom. The van der Waals surface area contributed by atoms with Gasteiger partial charge in [-0.15, -0.1) is 0 Å². The summed E-state index contributed by atoms with van der Waals surface area (Å²) >= 11 is 1.49. The van der Waals surface area contributed by atoms with Crippen LogP contribution in [0.5, 0.6) is 11.5 Å². The Kier molecular flexibility index (Phi) is 5.85. The van der Waals surface area contributed by atoms with Crippen molar-refractivity contribution in [3.8, 4) is 11.5 Å². The van der Waals surface area contributed by atoms with Gasteiger partial charge in [0, 0.05) is 12.6 Å². The number of ether oxygens (including phenoxy) is 2. The molecule has 0 atom stereocenters. The quantitative estimate of drug-likeness (QED) is 0.749. The number of methoxy groups -OCH3 is 2. The van der Waals surface area contributed by atoms with Crippen LogP contribution in [0.1, 0.15) is 20.3 Å². The maximum absolute atomic E-state index is 12.5. The van der Waals surface area contributed by atoms with Crippen molar-refractivity contribution in [3.05, 3.63) is 22.5 Å². The molecular weight excluding hydrogens is 300 g/mol. The lowest BCUT2D eigenvalue weighted by molar-refractivity contribution is 0.294. The zero-order valence-corrected chi connectivity index (χ0v) is 14.5. The zero-order valence-electron chi connectivity index (χ0n) is 13.7. The van der Waals surface area contributed by atoms with Gasteiger partial charge < -0.3 is 14.4 Å². The predicted octanol–water partition coefficient (Wildman–Crippen LogP) is 2.81. The van der Waals surface area contributed by atoms with Gasteiger partial charge in [-0.2, -0.15) is 0 Å². The first kappa shape index (κ1) is 16.8. The van der Waals surface area contributed by atoms with E-state index >= 15 is 0 Å². The molecule has 5 nitrogen and oxygen atoms in total. The van der Waals surface area contributed by atoms with Crippen LogP contribution < -0.4 is 15.0 Å². The van der Waals surface area contributed by atoms with Crippen molar-refractivity contribution in [1.82, 2.24) is 8.86 Å². The molecule has 0 aliphatic carbocycles. The van der Waals surface area contributed by atoms with Crippen LogP contribution in [0.3, 0.4) is 0 Å². The van der Waals surface area contributed by atoms with E-state index in [0.717, 1.165) is 37.3 Å². The van der Waals surface area contributed by atoms with E-state index in [1.54, 1.807) is 20.3 Å². The van der Waals surface area contributed by atoms with Gasteiger partial charge in [0.25, 0.3) is 5.56 Å². The molecule has 0 bridgehead atoms. The highest BCUT2D eigenvalue weighted by Gasteiger charge is 2.13. The Labute approximate surface area is 135 Å². The second-order valence-electron chi connectivity index (χ2n) is 5.08. The Balaban J connectivity index is 2.21. The van der Waals surface area contributed by atoms with Crippen LogP contribution >= 0.6 is 11.5 Å². The third kappa shape index (κ3) is 3.44. The summed E-state index contributed by atoms with van der Waals surface area (Å²) in [5, 5.41) is 0.700. The van der Waals surface area contributed by atoms with Gasteiger partial charge in [0.2, 0.25) is 0 Å². The molecule has 0 aliphatic rings. The average Bonchev–Trinajstić information content (AvgIpc) is 2.85. The average molecular weight is 324 g/mol. The van der Waals surface area contributed by atoms with Crippen molar-refractivity contribution in [3.63, 3.8) is 0 Å². The van der Waals surface area contributed by atoms with Crippen LogP contribution in [-0.4, -0.2) is 42.7 Å². The number of rotatable bonds is 8. The van der Waals surface area contributed by atoms with Crippen LogP contribution in [0.2, 0.25) is 0 Å². The summed E-state index contributed by atoms with van der Waals surface area (Å²) in [6.45, 7) is 8.18. The van der Waals surface area contributed by atoms with Gasteiger partial charge in [0.15, 0.2) is 11.5 Å². The van der Waals surface area contributed by atoms with E-state index in [9.17, 15) is 4.79 Å². The van der Waals surface area contributed by atoms with Crippen molar-refractivity contribution in [1.29, 1.82) is 0 Å². The summed E-state index contributed by atoms with van der Waals surface area (Å²) in [6.07, 6.45) is 0.975. The maximum atomic E-state index is 12.5. The summed E-state index contributed by atoms with van der Waals surface area (Å²) in [5.74, 6) is 1.26. The second-order valence-corrected chi connectivity index (χ2v) is 6.15. The van der Waals surface area contributed by atoms with E-state index in [0.29, 0.717) is 16.9 Å². The molecule has 1 aromatic heterocycles. The van der Waals surface area contributed by atoms with Crippen LogP contribution in [0, 0.1) is 0 Å². The number of aromatic nitrogens is 1. The van der Waals surface area contributed by atoms with Crippen molar-refractivity contribution in [2.75, 3.05) is 33.9 Å². The molecule has 1 heterocycles. The first-order chi connectivity index (χ1) is 10.6. The molecule has 2 rings (SSSR count). The standard InChI is InChI=1S/C16H24N2O3S/c1-5-17(6-2)8-7-9-18-16(19)12-10-13(20-3)14(21-4)11-15(12)22-18/h10-11H,5-9H2,1-4H3. The first-order valence-electron chi connectivity index (χ1n) is 7.62. The fourth-order valence-corrected chi connectivity index (χ4v) is 3.57. The molecule has 22 heavy (non-hydrogen) atoms. The van der Waals surface area contributed by atoms with Crippen LogP contribution in [0.4, 0.5) is 0 Å². The molecule has 0 N–H and O–H groups in total. The van der Waals surface area contributed by atoms with E-state index in [1.165, 1.54) is 11.5 Å². The minimum Gasteiger partial charge on any atom is -0.493 e. The normalized spacial score (nSPS) is 11.3. The molecule has 0 aliphatic heterocycles. The third-order valence-electron chi connectivity index (χ3n) is 3.88. The Hall–Kier alpha value is -1.53. The van der Waals surface area contributed by atoms with E-state index < -0.39 is 0 Å². The zero-order chi connectivity index (χ0) is 16.1. The minimum absolute atomic E-state index is 0.0560. The molecule has 0 spiro atoms. The Morgan fingerprint density at radius 2 is 1.77 bits per heavy atom. The lowest BCUT2D eigenvalue weighted by Gasteiger charge is -2.17. The predicted molar refractivity (Wildman–Crippen MR) is 91.6 cm³/mol. The molecule has 6 heteroatoms. The van der Waals surface area contributed by atoms with E-state index in [-0.39, 0.29) is 5.56 Å². The van der Waals surface area contributed by atoms with Crippen molar-refractivity contribution in [2.45, 2.75) is 26.8 Å². The second kappa shape index (κ2) is 7.65. The summed E-state index contributed by atoms with van der Waals surface area (Å²) in [5.41, 5.74) is 0.0560. The van der Waals surface area contributed by atoms with E-state index in [4.69, 9.17) is 9.47 Å². The van der Waals surface area contributed by atoms with Gasteiger partial charge in [-0.25, -0.2) is 0 Å². The van der Waals surface area contributed by atoms with E-state index in [1.807, 2.05) is 10.0 Å². The number of hydrogen-bond acceptors (Lipinski definition) is 5. The fraction of sp³-hybridized carbons (Fsp3) is 0.562. The van der Waals surface area contributed by atoms with E-state index in [2.05, 4.69) is 18.7 Å². The van der Waals surface area contributed by atoms with Crippen molar-refractivity contribution in [2.24, 2.45) is 0 Å². The number of fused-ring (bicyclic) bond motifs is 1. The molecule has 0 radical (unpaired) electrons. The van der Waals surface area contributed by atoms with Crippen molar-refractivity contribution < 1.29 is 9.47 Å². The molecule has 0 fully saturated rings. The fourth-order valence-electron chi connectivity index (χ4n) is 2.52.